The lowest BCUT2D eigenvalue weighted by Gasteiger charge is -2.07. The fourth-order valence-electron chi connectivity index (χ4n) is 2.06. The van der Waals surface area contributed by atoms with Crippen molar-refractivity contribution >= 4 is 10.9 Å². The minimum Gasteiger partial charge on any atom is -0.454 e. The molecule has 3 rings (SSSR count). The van der Waals surface area contributed by atoms with Crippen molar-refractivity contribution in [3.05, 3.63) is 60.6 Å². The summed E-state index contributed by atoms with van der Waals surface area (Å²) >= 11 is 0. The monoisotopic (exact) mass is 265 g/mol. The van der Waals surface area contributed by atoms with Gasteiger partial charge in [0, 0.05) is 18.1 Å². The molecule has 0 saturated heterocycles. The molecule has 4 heteroatoms. The summed E-state index contributed by atoms with van der Waals surface area (Å²) in [4.78, 5) is 8.55. The molecule has 100 valence electrons. The average molecular weight is 265 g/mol. The van der Waals surface area contributed by atoms with E-state index in [9.17, 15) is 0 Å². The van der Waals surface area contributed by atoms with Gasteiger partial charge in [-0.2, -0.15) is 0 Å². The molecule has 20 heavy (non-hydrogen) atoms. The first-order valence-electron chi connectivity index (χ1n) is 6.46. The number of benzene rings is 1. The number of pyridine rings is 2. The summed E-state index contributed by atoms with van der Waals surface area (Å²) in [5.74, 6) is 1.43. The standard InChI is InChI=1S/C16H15N3O/c1-17-8-12-6-14(10-18-9-12)20-15-7-13-4-2-3-5-16(13)19-11-15/h2-7,9-11,17H,8H2,1H3. The predicted octanol–water partition coefficient (Wildman–Crippen LogP) is 3.14. The highest BCUT2D eigenvalue weighted by molar-refractivity contribution is 5.79. The lowest BCUT2D eigenvalue weighted by atomic mass is 10.2. The number of para-hydroxylation sites is 1. The summed E-state index contributed by atoms with van der Waals surface area (Å²) in [5, 5.41) is 4.15. The Morgan fingerprint density at radius 2 is 1.90 bits per heavy atom. The Morgan fingerprint density at radius 1 is 1.05 bits per heavy atom. The molecular weight excluding hydrogens is 250 g/mol. The minimum absolute atomic E-state index is 0.715. The highest BCUT2D eigenvalue weighted by Gasteiger charge is 2.02. The molecule has 0 amide bonds. The highest BCUT2D eigenvalue weighted by Crippen LogP contribution is 2.23. The maximum absolute atomic E-state index is 5.82. The molecular formula is C16H15N3O. The molecule has 0 aliphatic carbocycles. The van der Waals surface area contributed by atoms with Gasteiger partial charge in [0.1, 0.15) is 11.5 Å². The summed E-state index contributed by atoms with van der Waals surface area (Å²) in [7, 11) is 1.90. The number of ether oxygens (including phenoxy) is 1. The van der Waals surface area contributed by atoms with E-state index in [1.54, 1.807) is 12.4 Å². The molecule has 0 unspecified atom stereocenters. The smallest absolute Gasteiger partial charge is 0.146 e. The number of nitrogens with zero attached hydrogens (tertiary/aromatic N) is 2. The van der Waals surface area contributed by atoms with E-state index >= 15 is 0 Å². The van der Waals surface area contributed by atoms with Crippen LogP contribution < -0.4 is 10.1 Å². The van der Waals surface area contributed by atoms with Crippen LogP contribution in [0.3, 0.4) is 0 Å². The Bertz CT molecular complexity index is 727. The molecule has 2 aromatic heterocycles. The predicted molar refractivity (Wildman–Crippen MR) is 78.8 cm³/mol. The van der Waals surface area contributed by atoms with Crippen LogP contribution in [0.2, 0.25) is 0 Å². The van der Waals surface area contributed by atoms with Gasteiger partial charge in [-0.1, -0.05) is 18.2 Å². The first kappa shape index (κ1) is 12.6. The number of hydrogen-bond acceptors (Lipinski definition) is 4. The van der Waals surface area contributed by atoms with Gasteiger partial charge in [0.15, 0.2) is 0 Å². The van der Waals surface area contributed by atoms with Crippen LogP contribution >= 0.6 is 0 Å². The van der Waals surface area contributed by atoms with E-state index in [2.05, 4.69) is 15.3 Å². The van der Waals surface area contributed by atoms with Crippen molar-refractivity contribution in [3.63, 3.8) is 0 Å². The Kier molecular flexibility index (Phi) is 3.56. The van der Waals surface area contributed by atoms with Crippen LogP contribution in [0.1, 0.15) is 5.56 Å². The Balaban J connectivity index is 1.87. The van der Waals surface area contributed by atoms with E-state index < -0.39 is 0 Å². The van der Waals surface area contributed by atoms with Crippen LogP contribution in [-0.2, 0) is 6.54 Å². The summed E-state index contributed by atoms with van der Waals surface area (Å²) < 4.78 is 5.82. The molecule has 0 atom stereocenters. The molecule has 0 fully saturated rings. The largest absolute Gasteiger partial charge is 0.454 e. The van der Waals surface area contributed by atoms with Crippen molar-refractivity contribution in [2.75, 3.05) is 7.05 Å². The second kappa shape index (κ2) is 5.67. The molecule has 0 aliphatic rings. The van der Waals surface area contributed by atoms with E-state index in [0.29, 0.717) is 5.75 Å². The molecule has 0 radical (unpaired) electrons. The zero-order chi connectivity index (χ0) is 13.8. The zero-order valence-corrected chi connectivity index (χ0v) is 11.2. The van der Waals surface area contributed by atoms with Crippen LogP contribution in [0.4, 0.5) is 0 Å². The van der Waals surface area contributed by atoms with E-state index in [0.717, 1.165) is 28.8 Å². The molecule has 4 nitrogen and oxygen atoms in total. The Labute approximate surface area is 117 Å². The normalized spacial score (nSPS) is 10.7. The van der Waals surface area contributed by atoms with Crippen molar-refractivity contribution < 1.29 is 4.74 Å². The quantitative estimate of drug-likeness (QED) is 0.787. The topological polar surface area (TPSA) is 47.0 Å². The maximum Gasteiger partial charge on any atom is 0.146 e. The molecule has 0 spiro atoms. The Hall–Kier alpha value is -2.46. The maximum atomic E-state index is 5.82. The van der Waals surface area contributed by atoms with Crippen molar-refractivity contribution in [3.8, 4) is 11.5 Å². The highest BCUT2D eigenvalue weighted by atomic mass is 16.5. The minimum atomic E-state index is 0.715. The molecule has 0 saturated carbocycles. The van der Waals surface area contributed by atoms with Gasteiger partial charge in [-0.05, 0) is 30.8 Å². The van der Waals surface area contributed by atoms with Gasteiger partial charge in [0.2, 0.25) is 0 Å². The van der Waals surface area contributed by atoms with Crippen LogP contribution in [0.25, 0.3) is 10.9 Å². The number of hydrogen-bond donors (Lipinski definition) is 1. The average Bonchev–Trinajstić information content (AvgIpc) is 2.48. The van der Waals surface area contributed by atoms with Crippen LogP contribution in [0.15, 0.2) is 55.0 Å². The van der Waals surface area contributed by atoms with Gasteiger partial charge < -0.3 is 10.1 Å². The first-order valence-corrected chi connectivity index (χ1v) is 6.46. The van der Waals surface area contributed by atoms with Crippen molar-refractivity contribution in [1.82, 2.24) is 15.3 Å². The van der Waals surface area contributed by atoms with Crippen LogP contribution in [0.5, 0.6) is 11.5 Å². The molecule has 0 aliphatic heterocycles. The lowest BCUT2D eigenvalue weighted by molar-refractivity contribution is 0.478. The first-order chi connectivity index (χ1) is 9.85. The SMILES string of the molecule is CNCc1cncc(Oc2cnc3ccccc3c2)c1. The van der Waals surface area contributed by atoms with Crippen molar-refractivity contribution in [2.45, 2.75) is 6.54 Å². The summed E-state index contributed by atoms with van der Waals surface area (Å²) in [6.07, 6.45) is 5.25. The molecule has 3 aromatic rings. The third-order valence-corrected chi connectivity index (χ3v) is 2.95. The third-order valence-electron chi connectivity index (χ3n) is 2.95. The van der Waals surface area contributed by atoms with E-state index in [1.165, 1.54) is 0 Å². The molecule has 1 N–H and O–H groups in total. The molecule has 1 aromatic carbocycles. The lowest BCUT2D eigenvalue weighted by Crippen LogP contribution is -2.05. The fourth-order valence-corrected chi connectivity index (χ4v) is 2.06. The van der Waals surface area contributed by atoms with Crippen LogP contribution in [0, 0.1) is 0 Å². The zero-order valence-electron chi connectivity index (χ0n) is 11.2. The number of rotatable bonds is 4. The second-order valence-corrected chi connectivity index (χ2v) is 4.53. The number of nitrogens with one attached hydrogen (secondary N) is 1. The van der Waals surface area contributed by atoms with E-state index in [4.69, 9.17) is 4.74 Å². The fraction of sp³-hybridized carbons (Fsp3) is 0.125. The summed E-state index contributed by atoms with van der Waals surface area (Å²) in [6, 6.07) is 11.9. The summed E-state index contributed by atoms with van der Waals surface area (Å²) in [6.45, 7) is 0.764. The van der Waals surface area contributed by atoms with Crippen LogP contribution in [-0.4, -0.2) is 17.0 Å². The van der Waals surface area contributed by atoms with E-state index in [-0.39, 0.29) is 0 Å². The van der Waals surface area contributed by atoms with Gasteiger partial charge >= 0.3 is 0 Å². The van der Waals surface area contributed by atoms with Gasteiger partial charge in [-0.15, -0.1) is 0 Å². The van der Waals surface area contributed by atoms with Gasteiger partial charge in [-0.3, -0.25) is 9.97 Å². The van der Waals surface area contributed by atoms with Gasteiger partial charge in [0.25, 0.3) is 0 Å². The second-order valence-electron chi connectivity index (χ2n) is 4.53. The van der Waals surface area contributed by atoms with Crippen molar-refractivity contribution in [2.24, 2.45) is 0 Å². The van der Waals surface area contributed by atoms with Gasteiger partial charge in [0.05, 0.1) is 17.9 Å². The van der Waals surface area contributed by atoms with Gasteiger partial charge in [-0.25, -0.2) is 0 Å². The third kappa shape index (κ3) is 2.75. The molecule has 2 heterocycles. The number of aromatic nitrogens is 2. The number of fused-ring (bicyclic) bond motifs is 1. The van der Waals surface area contributed by atoms with Crippen molar-refractivity contribution in [1.29, 1.82) is 0 Å². The van der Waals surface area contributed by atoms with E-state index in [1.807, 2.05) is 49.6 Å². The molecule has 0 bridgehead atoms. The Morgan fingerprint density at radius 3 is 2.80 bits per heavy atom. The summed E-state index contributed by atoms with van der Waals surface area (Å²) in [5.41, 5.74) is 2.04.